The van der Waals surface area contributed by atoms with E-state index in [1.165, 1.54) is 35.2 Å². The Morgan fingerprint density at radius 1 is 1.40 bits per heavy atom. The van der Waals surface area contributed by atoms with Crippen LogP contribution in [0.1, 0.15) is 39.9 Å². The minimum absolute atomic E-state index is 0.0356. The van der Waals surface area contributed by atoms with E-state index < -0.39 is 11.7 Å². The molecule has 0 saturated carbocycles. The van der Waals surface area contributed by atoms with Gasteiger partial charge >= 0.3 is 0 Å². The molecule has 1 aliphatic carbocycles. The van der Waals surface area contributed by atoms with Crippen molar-refractivity contribution in [3.63, 3.8) is 0 Å². The predicted molar refractivity (Wildman–Crippen MR) is 93.2 cm³/mol. The van der Waals surface area contributed by atoms with Crippen LogP contribution in [-0.4, -0.2) is 23.3 Å². The minimum Gasteiger partial charge on any atom is -0.355 e. The summed E-state index contributed by atoms with van der Waals surface area (Å²) in [5.41, 5.74) is 2.25. The van der Waals surface area contributed by atoms with Crippen LogP contribution in [-0.2, 0) is 28.9 Å². The average molecular weight is 359 g/mol. The van der Waals surface area contributed by atoms with Crippen molar-refractivity contribution in [3.05, 3.63) is 45.2 Å². The molecule has 2 aromatic rings. The smallest absolute Gasteiger partial charge is 0.228 e. The second-order valence-corrected chi connectivity index (χ2v) is 7.58. The molecule has 2 amide bonds. The van der Waals surface area contributed by atoms with Crippen molar-refractivity contribution >= 4 is 28.8 Å². The molecule has 7 heteroatoms. The van der Waals surface area contributed by atoms with E-state index in [1.807, 2.05) is 0 Å². The van der Waals surface area contributed by atoms with Crippen molar-refractivity contribution in [3.8, 4) is 0 Å². The first kappa shape index (κ1) is 16.2. The number of aromatic nitrogens is 1. The van der Waals surface area contributed by atoms with Gasteiger partial charge in [-0.3, -0.25) is 9.59 Å². The van der Waals surface area contributed by atoms with Gasteiger partial charge < -0.3 is 10.6 Å². The van der Waals surface area contributed by atoms with Gasteiger partial charge in [-0.1, -0.05) is 0 Å². The van der Waals surface area contributed by atoms with Crippen LogP contribution in [0.25, 0.3) is 0 Å². The molecule has 4 rings (SSSR count). The zero-order valence-corrected chi connectivity index (χ0v) is 14.4. The Hall–Kier alpha value is -2.28. The van der Waals surface area contributed by atoms with Gasteiger partial charge in [-0.05, 0) is 43.0 Å². The van der Waals surface area contributed by atoms with Crippen molar-refractivity contribution in [2.75, 3.05) is 11.9 Å². The molecule has 1 atom stereocenters. The summed E-state index contributed by atoms with van der Waals surface area (Å²) in [5, 5.41) is 6.59. The number of thiazole rings is 1. The number of anilines is 1. The molecule has 2 heterocycles. The molecule has 0 spiro atoms. The maximum atomic E-state index is 13.5. The molecule has 0 saturated heterocycles. The van der Waals surface area contributed by atoms with Crippen LogP contribution in [0, 0.1) is 5.82 Å². The molecule has 5 nitrogen and oxygen atoms in total. The van der Waals surface area contributed by atoms with E-state index in [0.29, 0.717) is 24.2 Å². The zero-order chi connectivity index (χ0) is 17.4. The number of halogens is 1. The summed E-state index contributed by atoms with van der Waals surface area (Å²) in [6.07, 6.45) is 4.06. The maximum Gasteiger partial charge on any atom is 0.228 e. The number of carbonyl (C=O) groups is 2. The van der Waals surface area contributed by atoms with Gasteiger partial charge in [0, 0.05) is 30.0 Å². The highest BCUT2D eigenvalue weighted by Crippen LogP contribution is 2.33. The molecule has 1 aliphatic heterocycles. The quantitative estimate of drug-likeness (QED) is 0.881. The van der Waals surface area contributed by atoms with Crippen LogP contribution in [0.4, 0.5) is 10.1 Å². The van der Waals surface area contributed by atoms with Crippen LogP contribution >= 0.6 is 11.3 Å². The van der Waals surface area contributed by atoms with Crippen molar-refractivity contribution < 1.29 is 14.0 Å². The van der Waals surface area contributed by atoms with Gasteiger partial charge in [0.2, 0.25) is 11.8 Å². The predicted octanol–water partition coefficient (Wildman–Crippen LogP) is 2.56. The number of carbonyl (C=O) groups excluding carboxylic acids is 2. The standard InChI is InChI=1S/C18H18FN3O2S/c19-10-4-5-13-11(8-10)12(9-16(23)21-13)18(24)20-7-6-17-22-14-2-1-3-15(14)25-17/h4-5,8,12H,1-3,6-7,9H2,(H,20,24)(H,21,23)/t12-/m1/s1. The Morgan fingerprint density at radius 2 is 2.28 bits per heavy atom. The molecule has 0 radical (unpaired) electrons. The number of nitrogens with one attached hydrogen (secondary N) is 2. The molecule has 0 unspecified atom stereocenters. The number of nitrogens with zero attached hydrogens (tertiary/aromatic N) is 1. The lowest BCUT2D eigenvalue weighted by molar-refractivity contribution is -0.126. The largest absolute Gasteiger partial charge is 0.355 e. The first-order valence-corrected chi connectivity index (χ1v) is 9.26. The fraction of sp³-hybridized carbons (Fsp3) is 0.389. The number of aryl methyl sites for hydroxylation is 2. The van der Waals surface area contributed by atoms with Crippen molar-refractivity contribution in [2.45, 2.75) is 38.0 Å². The van der Waals surface area contributed by atoms with Crippen LogP contribution in [0.15, 0.2) is 18.2 Å². The molecule has 1 aromatic heterocycles. The Labute approximate surface area is 148 Å². The topological polar surface area (TPSA) is 71.1 Å². The summed E-state index contributed by atoms with van der Waals surface area (Å²) in [4.78, 5) is 30.3. The van der Waals surface area contributed by atoms with Gasteiger partial charge in [0.05, 0.1) is 16.6 Å². The molecule has 1 aromatic carbocycles. The molecule has 25 heavy (non-hydrogen) atoms. The third-order valence-corrected chi connectivity index (χ3v) is 5.86. The van der Waals surface area contributed by atoms with E-state index in [1.54, 1.807) is 11.3 Å². The summed E-state index contributed by atoms with van der Waals surface area (Å²) in [6.45, 7) is 0.466. The highest BCUT2D eigenvalue weighted by Gasteiger charge is 2.31. The molecule has 2 aliphatic rings. The molecular weight excluding hydrogens is 341 g/mol. The molecule has 0 bridgehead atoms. The number of amides is 2. The van der Waals surface area contributed by atoms with E-state index in [9.17, 15) is 14.0 Å². The number of fused-ring (bicyclic) bond motifs is 2. The van der Waals surface area contributed by atoms with E-state index >= 15 is 0 Å². The summed E-state index contributed by atoms with van der Waals surface area (Å²) >= 11 is 1.72. The second-order valence-electron chi connectivity index (χ2n) is 6.41. The number of benzene rings is 1. The lowest BCUT2D eigenvalue weighted by Crippen LogP contribution is -2.36. The first-order valence-electron chi connectivity index (χ1n) is 8.44. The summed E-state index contributed by atoms with van der Waals surface area (Å²) in [7, 11) is 0. The fourth-order valence-electron chi connectivity index (χ4n) is 3.43. The summed E-state index contributed by atoms with van der Waals surface area (Å²) in [6, 6.07) is 4.10. The third-order valence-electron chi connectivity index (χ3n) is 4.65. The van der Waals surface area contributed by atoms with E-state index in [4.69, 9.17) is 0 Å². The average Bonchev–Trinajstić information content (AvgIpc) is 3.16. The van der Waals surface area contributed by atoms with E-state index in [-0.39, 0.29) is 18.2 Å². The number of hydrogen-bond acceptors (Lipinski definition) is 4. The van der Waals surface area contributed by atoms with Crippen molar-refractivity contribution in [1.82, 2.24) is 10.3 Å². The second kappa shape index (κ2) is 6.55. The summed E-state index contributed by atoms with van der Waals surface area (Å²) in [5.74, 6) is -1.54. The van der Waals surface area contributed by atoms with Crippen LogP contribution in [0.2, 0.25) is 0 Å². The Bertz CT molecular complexity index is 827. The van der Waals surface area contributed by atoms with Crippen LogP contribution in [0.5, 0.6) is 0 Å². The lowest BCUT2D eigenvalue weighted by atomic mass is 9.89. The molecule has 130 valence electrons. The molecule has 2 N–H and O–H groups in total. The number of rotatable bonds is 4. The minimum atomic E-state index is -0.652. The van der Waals surface area contributed by atoms with E-state index in [0.717, 1.165) is 17.8 Å². The molecule has 0 fully saturated rings. The SMILES string of the molecule is O=C1C[C@@H](C(=O)NCCc2nc3c(s2)CCC3)c2cc(F)ccc2N1. The Kier molecular flexibility index (Phi) is 4.25. The lowest BCUT2D eigenvalue weighted by Gasteiger charge is -2.24. The van der Waals surface area contributed by atoms with Gasteiger partial charge in [-0.2, -0.15) is 0 Å². The van der Waals surface area contributed by atoms with Crippen molar-refractivity contribution in [2.24, 2.45) is 0 Å². The van der Waals surface area contributed by atoms with Gasteiger partial charge in [0.25, 0.3) is 0 Å². The van der Waals surface area contributed by atoms with Crippen LogP contribution < -0.4 is 10.6 Å². The van der Waals surface area contributed by atoms with Gasteiger partial charge in [-0.15, -0.1) is 11.3 Å². The van der Waals surface area contributed by atoms with Crippen molar-refractivity contribution in [1.29, 1.82) is 0 Å². The zero-order valence-electron chi connectivity index (χ0n) is 13.6. The fourth-order valence-corrected chi connectivity index (χ4v) is 4.59. The van der Waals surface area contributed by atoms with Gasteiger partial charge in [0.15, 0.2) is 0 Å². The number of hydrogen-bond donors (Lipinski definition) is 2. The van der Waals surface area contributed by atoms with E-state index in [2.05, 4.69) is 15.6 Å². The normalized spacial score (nSPS) is 18.4. The Morgan fingerprint density at radius 3 is 3.12 bits per heavy atom. The highest BCUT2D eigenvalue weighted by atomic mass is 32.1. The first-order chi connectivity index (χ1) is 12.1. The van der Waals surface area contributed by atoms with Gasteiger partial charge in [0.1, 0.15) is 5.82 Å². The van der Waals surface area contributed by atoms with Crippen LogP contribution in [0.3, 0.4) is 0 Å². The Balaban J connectivity index is 1.41. The highest BCUT2D eigenvalue weighted by molar-refractivity contribution is 7.11. The molecular formula is C18H18FN3O2S. The monoisotopic (exact) mass is 359 g/mol. The third kappa shape index (κ3) is 3.28. The van der Waals surface area contributed by atoms with Gasteiger partial charge in [-0.25, -0.2) is 9.37 Å². The maximum absolute atomic E-state index is 13.5. The summed E-state index contributed by atoms with van der Waals surface area (Å²) < 4.78 is 13.5.